The van der Waals surface area contributed by atoms with Gasteiger partial charge in [0.25, 0.3) is 0 Å². The number of carbonyl (C=O) groups excluding carboxylic acids is 1. The molecular weight excluding hydrogens is 439 g/mol. The second-order valence-electron chi connectivity index (χ2n) is 8.88. The normalized spacial score (nSPS) is 18.2. The molecular formula is C25H31FN4O4. The Bertz CT molecular complexity index is 1020. The van der Waals surface area contributed by atoms with E-state index in [1.807, 2.05) is 34.1 Å². The molecule has 0 bridgehead atoms. The van der Waals surface area contributed by atoms with Crippen molar-refractivity contribution in [2.24, 2.45) is 0 Å². The van der Waals surface area contributed by atoms with Crippen molar-refractivity contribution < 1.29 is 23.8 Å². The third-order valence-corrected chi connectivity index (χ3v) is 6.59. The predicted molar refractivity (Wildman–Crippen MR) is 128 cm³/mol. The van der Waals surface area contributed by atoms with Crippen LogP contribution in [0.4, 0.5) is 25.4 Å². The Morgan fingerprint density at radius 2 is 1.79 bits per heavy atom. The van der Waals surface area contributed by atoms with Crippen LogP contribution >= 0.6 is 0 Å². The number of hydrogen-bond acceptors (Lipinski definition) is 4. The Morgan fingerprint density at radius 3 is 2.41 bits per heavy atom. The van der Waals surface area contributed by atoms with E-state index >= 15 is 0 Å². The Kier molecular flexibility index (Phi) is 7.09. The van der Waals surface area contributed by atoms with Crippen LogP contribution in [0.5, 0.6) is 5.75 Å². The summed E-state index contributed by atoms with van der Waals surface area (Å²) in [6.45, 7) is 4.88. The lowest BCUT2D eigenvalue weighted by molar-refractivity contribution is 0.142. The molecule has 1 unspecified atom stereocenters. The SMILES string of the molecule is CC1CCCN1C(=O)N(C)c1ccc(COc2cc(F)cc(N3CCN(C(=O)O)CC3)c2)cc1. The maximum absolute atomic E-state index is 14.2. The third-order valence-electron chi connectivity index (χ3n) is 6.59. The van der Waals surface area contributed by atoms with Gasteiger partial charge in [-0.2, -0.15) is 0 Å². The minimum absolute atomic E-state index is 0.00507. The fraction of sp³-hybridized carbons (Fsp3) is 0.440. The van der Waals surface area contributed by atoms with Crippen molar-refractivity contribution in [3.05, 3.63) is 53.8 Å². The molecule has 2 fully saturated rings. The number of halogens is 1. The molecule has 0 radical (unpaired) electrons. The Hall–Kier alpha value is -3.49. The first-order valence-corrected chi connectivity index (χ1v) is 11.6. The van der Waals surface area contributed by atoms with Crippen LogP contribution in [0, 0.1) is 5.82 Å². The zero-order valence-corrected chi connectivity index (χ0v) is 19.6. The quantitative estimate of drug-likeness (QED) is 0.707. The topological polar surface area (TPSA) is 76.6 Å². The second kappa shape index (κ2) is 10.2. The number of amides is 3. The number of hydrogen-bond donors (Lipinski definition) is 1. The van der Waals surface area contributed by atoms with Gasteiger partial charge in [0.15, 0.2) is 0 Å². The molecule has 2 aromatic carbocycles. The number of anilines is 2. The Morgan fingerprint density at radius 1 is 1.09 bits per heavy atom. The van der Waals surface area contributed by atoms with Gasteiger partial charge in [-0.1, -0.05) is 12.1 Å². The van der Waals surface area contributed by atoms with E-state index in [1.54, 1.807) is 18.0 Å². The molecule has 0 aliphatic carbocycles. The van der Waals surface area contributed by atoms with E-state index in [9.17, 15) is 14.0 Å². The maximum Gasteiger partial charge on any atom is 0.407 e. The molecule has 4 rings (SSSR count). The summed E-state index contributed by atoms with van der Waals surface area (Å²) in [5.41, 5.74) is 2.38. The van der Waals surface area contributed by atoms with Gasteiger partial charge in [0.2, 0.25) is 0 Å². The second-order valence-corrected chi connectivity index (χ2v) is 8.88. The standard InChI is InChI=1S/C25H31FN4O4/c1-18-4-3-9-30(18)24(31)27(2)21-7-5-19(6-8-21)17-34-23-15-20(26)14-22(16-23)28-10-12-29(13-11-28)25(32)33/h5-8,14-16,18H,3-4,9-13,17H2,1-2H3,(H,32,33). The fourth-order valence-electron chi connectivity index (χ4n) is 4.47. The highest BCUT2D eigenvalue weighted by Crippen LogP contribution is 2.26. The molecule has 2 aliphatic rings. The molecule has 0 saturated carbocycles. The summed E-state index contributed by atoms with van der Waals surface area (Å²) in [4.78, 5) is 30.7. The van der Waals surface area contributed by atoms with E-state index in [0.29, 0.717) is 37.6 Å². The first-order valence-electron chi connectivity index (χ1n) is 11.6. The number of benzene rings is 2. The Balaban J connectivity index is 1.35. The molecule has 182 valence electrons. The van der Waals surface area contributed by atoms with Gasteiger partial charge in [0, 0.05) is 69.3 Å². The largest absolute Gasteiger partial charge is 0.489 e. The van der Waals surface area contributed by atoms with E-state index in [1.165, 1.54) is 17.0 Å². The lowest BCUT2D eigenvalue weighted by Gasteiger charge is -2.34. The molecule has 2 heterocycles. The van der Waals surface area contributed by atoms with E-state index in [0.717, 1.165) is 30.6 Å². The molecule has 0 aromatic heterocycles. The average Bonchev–Trinajstić information content (AvgIpc) is 3.27. The van der Waals surface area contributed by atoms with Crippen LogP contribution in [0.2, 0.25) is 0 Å². The highest BCUT2D eigenvalue weighted by molar-refractivity contribution is 5.91. The van der Waals surface area contributed by atoms with E-state index in [4.69, 9.17) is 9.84 Å². The highest BCUT2D eigenvalue weighted by Gasteiger charge is 2.28. The predicted octanol–water partition coefficient (Wildman–Crippen LogP) is 4.25. The van der Waals surface area contributed by atoms with Gasteiger partial charge < -0.3 is 24.5 Å². The van der Waals surface area contributed by atoms with Gasteiger partial charge >= 0.3 is 12.1 Å². The van der Waals surface area contributed by atoms with Gasteiger partial charge in [0.1, 0.15) is 18.2 Å². The van der Waals surface area contributed by atoms with Crippen LogP contribution in [0.25, 0.3) is 0 Å². The fourth-order valence-corrected chi connectivity index (χ4v) is 4.47. The van der Waals surface area contributed by atoms with E-state index in [-0.39, 0.29) is 18.7 Å². The number of carboxylic acid groups (broad SMARTS) is 1. The number of urea groups is 1. The van der Waals surface area contributed by atoms with Crippen LogP contribution in [0.15, 0.2) is 42.5 Å². The highest BCUT2D eigenvalue weighted by atomic mass is 19.1. The molecule has 1 N–H and O–H groups in total. The molecule has 9 heteroatoms. The summed E-state index contributed by atoms with van der Waals surface area (Å²) in [6.07, 6.45) is 1.14. The monoisotopic (exact) mass is 470 g/mol. The molecule has 2 saturated heterocycles. The van der Waals surface area contributed by atoms with Gasteiger partial charge in [-0.3, -0.25) is 4.90 Å². The summed E-state index contributed by atoms with van der Waals surface area (Å²) in [5.74, 6) is 0.00912. The lowest BCUT2D eigenvalue weighted by atomic mass is 10.2. The zero-order chi connectivity index (χ0) is 24.2. The molecule has 2 aromatic rings. The van der Waals surface area contributed by atoms with Crippen molar-refractivity contribution in [1.82, 2.24) is 9.80 Å². The number of carbonyl (C=O) groups is 2. The number of nitrogens with zero attached hydrogens (tertiary/aromatic N) is 4. The Labute approximate surface area is 199 Å². The molecule has 8 nitrogen and oxygen atoms in total. The minimum Gasteiger partial charge on any atom is -0.489 e. The van der Waals surface area contributed by atoms with Gasteiger partial charge in [-0.05, 0) is 43.5 Å². The van der Waals surface area contributed by atoms with Gasteiger partial charge in [-0.25, -0.2) is 14.0 Å². The summed E-state index contributed by atoms with van der Waals surface area (Å²) in [5, 5.41) is 9.10. The van der Waals surface area contributed by atoms with Crippen molar-refractivity contribution in [3.8, 4) is 5.75 Å². The van der Waals surface area contributed by atoms with E-state index < -0.39 is 11.9 Å². The van der Waals surface area contributed by atoms with Crippen LogP contribution in [0.3, 0.4) is 0 Å². The van der Waals surface area contributed by atoms with Crippen LogP contribution in [-0.2, 0) is 6.61 Å². The average molecular weight is 471 g/mol. The first kappa shape index (κ1) is 23.7. The number of likely N-dealkylation sites (tertiary alicyclic amines) is 1. The lowest BCUT2D eigenvalue weighted by Crippen LogP contribution is -2.48. The van der Waals surface area contributed by atoms with Crippen LogP contribution in [-0.4, -0.2) is 72.8 Å². The number of piperazine rings is 1. The minimum atomic E-state index is -0.935. The molecule has 3 amide bonds. The van der Waals surface area contributed by atoms with Crippen molar-refractivity contribution in [2.75, 3.05) is 49.6 Å². The first-order chi connectivity index (χ1) is 16.3. The van der Waals surface area contributed by atoms with Crippen molar-refractivity contribution in [1.29, 1.82) is 0 Å². The number of ether oxygens (including phenoxy) is 1. The van der Waals surface area contributed by atoms with Gasteiger partial charge in [-0.15, -0.1) is 0 Å². The maximum atomic E-state index is 14.2. The molecule has 1 atom stereocenters. The summed E-state index contributed by atoms with van der Waals surface area (Å²) in [6, 6.07) is 12.4. The third kappa shape index (κ3) is 5.35. The summed E-state index contributed by atoms with van der Waals surface area (Å²) in [7, 11) is 1.78. The van der Waals surface area contributed by atoms with Crippen molar-refractivity contribution >= 4 is 23.5 Å². The number of rotatable bonds is 5. The molecule has 0 spiro atoms. The van der Waals surface area contributed by atoms with Crippen molar-refractivity contribution in [3.63, 3.8) is 0 Å². The zero-order valence-electron chi connectivity index (χ0n) is 19.6. The van der Waals surface area contributed by atoms with E-state index in [2.05, 4.69) is 6.92 Å². The smallest absolute Gasteiger partial charge is 0.407 e. The van der Waals surface area contributed by atoms with Crippen LogP contribution in [0.1, 0.15) is 25.3 Å². The summed E-state index contributed by atoms with van der Waals surface area (Å²) >= 11 is 0. The van der Waals surface area contributed by atoms with Crippen LogP contribution < -0.4 is 14.5 Å². The summed E-state index contributed by atoms with van der Waals surface area (Å²) < 4.78 is 20.1. The molecule has 2 aliphatic heterocycles. The van der Waals surface area contributed by atoms with Crippen molar-refractivity contribution in [2.45, 2.75) is 32.4 Å². The van der Waals surface area contributed by atoms with Gasteiger partial charge in [0.05, 0.1) is 0 Å². The molecule has 34 heavy (non-hydrogen) atoms.